The number of imide groups is 1. The smallest absolute Gasteiger partial charge is 0.325 e. The number of amides is 4. The first-order valence-electron chi connectivity index (χ1n) is 8.34. The van der Waals surface area contributed by atoms with Crippen LogP contribution in [0.15, 0.2) is 42.5 Å². The van der Waals surface area contributed by atoms with Gasteiger partial charge in [0.05, 0.1) is 11.6 Å². The van der Waals surface area contributed by atoms with Crippen molar-refractivity contribution in [1.29, 1.82) is 0 Å². The summed E-state index contributed by atoms with van der Waals surface area (Å²) in [6, 6.07) is 10.5. The van der Waals surface area contributed by atoms with Gasteiger partial charge in [-0.3, -0.25) is 14.5 Å². The van der Waals surface area contributed by atoms with Gasteiger partial charge in [-0.05, 0) is 42.8 Å². The Bertz CT molecular complexity index is 966. The van der Waals surface area contributed by atoms with Gasteiger partial charge in [0.15, 0.2) is 0 Å². The second-order valence-corrected chi connectivity index (χ2v) is 7.22. The number of nitrogens with zero attached hydrogens (tertiary/aromatic N) is 1. The van der Waals surface area contributed by atoms with E-state index in [0.717, 1.165) is 4.90 Å². The Kier molecular flexibility index (Phi) is 5.49. The lowest BCUT2D eigenvalue weighted by molar-refractivity contribution is -0.131. The highest BCUT2D eigenvalue weighted by Crippen LogP contribution is 2.30. The standard InChI is InChI=1S/C19H17Cl2N3O4/c1-19(12-4-2-3-11(9-12)16(22)25)17(26)24(18(27)23-19)7-8-28-15-6-5-13(20)10-14(15)21/h2-6,9-10H,7-8H2,1H3,(H2,22,25)(H,23,27). The summed E-state index contributed by atoms with van der Waals surface area (Å²) in [6.07, 6.45) is 0. The molecule has 0 radical (unpaired) electrons. The highest BCUT2D eigenvalue weighted by molar-refractivity contribution is 6.35. The molecule has 0 bridgehead atoms. The summed E-state index contributed by atoms with van der Waals surface area (Å²) < 4.78 is 5.55. The van der Waals surface area contributed by atoms with E-state index in [0.29, 0.717) is 21.4 Å². The van der Waals surface area contributed by atoms with Gasteiger partial charge in [-0.15, -0.1) is 0 Å². The highest BCUT2D eigenvalue weighted by Gasteiger charge is 2.48. The van der Waals surface area contributed by atoms with Crippen molar-refractivity contribution >= 4 is 41.0 Å². The van der Waals surface area contributed by atoms with Gasteiger partial charge < -0.3 is 15.8 Å². The predicted octanol–water partition coefficient (Wildman–Crippen LogP) is 2.94. The summed E-state index contributed by atoms with van der Waals surface area (Å²) in [6.45, 7) is 1.65. The minimum Gasteiger partial charge on any atom is -0.490 e. The van der Waals surface area contributed by atoms with Crippen LogP contribution in [0.1, 0.15) is 22.8 Å². The van der Waals surface area contributed by atoms with Crippen LogP contribution in [0.5, 0.6) is 5.75 Å². The van der Waals surface area contributed by atoms with Crippen molar-refractivity contribution in [2.45, 2.75) is 12.5 Å². The van der Waals surface area contributed by atoms with Crippen LogP contribution in [-0.2, 0) is 10.3 Å². The van der Waals surface area contributed by atoms with Crippen LogP contribution in [0.4, 0.5) is 4.79 Å². The van der Waals surface area contributed by atoms with Gasteiger partial charge >= 0.3 is 6.03 Å². The zero-order chi connectivity index (χ0) is 20.5. The molecule has 0 aromatic heterocycles. The van der Waals surface area contributed by atoms with Gasteiger partial charge in [-0.1, -0.05) is 35.3 Å². The lowest BCUT2D eigenvalue weighted by Gasteiger charge is -2.22. The molecule has 9 heteroatoms. The second kappa shape index (κ2) is 7.69. The number of hydrogen-bond acceptors (Lipinski definition) is 4. The third kappa shape index (κ3) is 3.76. The first-order valence-corrected chi connectivity index (χ1v) is 9.10. The molecule has 0 aliphatic carbocycles. The summed E-state index contributed by atoms with van der Waals surface area (Å²) in [5.74, 6) is -0.674. The summed E-state index contributed by atoms with van der Waals surface area (Å²) >= 11 is 11.9. The Balaban J connectivity index is 1.72. The molecule has 0 spiro atoms. The largest absolute Gasteiger partial charge is 0.490 e. The molecule has 4 amide bonds. The van der Waals surface area contributed by atoms with Crippen molar-refractivity contribution in [1.82, 2.24) is 10.2 Å². The monoisotopic (exact) mass is 421 g/mol. The van der Waals surface area contributed by atoms with E-state index >= 15 is 0 Å². The van der Waals surface area contributed by atoms with Gasteiger partial charge in [0.25, 0.3) is 5.91 Å². The third-order valence-corrected chi connectivity index (χ3v) is 5.00. The van der Waals surface area contributed by atoms with Crippen molar-refractivity contribution in [2.75, 3.05) is 13.2 Å². The maximum atomic E-state index is 12.9. The second-order valence-electron chi connectivity index (χ2n) is 6.38. The molecule has 3 N–H and O–H groups in total. The molecule has 1 unspecified atom stereocenters. The van der Waals surface area contributed by atoms with E-state index in [1.54, 1.807) is 31.2 Å². The van der Waals surface area contributed by atoms with Crippen LogP contribution in [0, 0.1) is 0 Å². The fraction of sp³-hybridized carbons (Fsp3) is 0.211. The van der Waals surface area contributed by atoms with E-state index in [1.165, 1.54) is 18.2 Å². The van der Waals surface area contributed by atoms with E-state index < -0.39 is 23.4 Å². The zero-order valence-electron chi connectivity index (χ0n) is 14.9. The number of primary amides is 1. The van der Waals surface area contributed by atoms with E-state index in [2.05, 4.69) is 5.32 Å². The van der Waals surface area contributed by atoms with E-state index in [9.17, 15) is 14.4 Å². The van der Waals surface area contributed by atoms with Crippen LogP contribution in [0.3, 0.4) is 0 Å². The van der Waals surface area contributed by atoms with Crippen molar-refractivity contribution in [3.05, 3.63) is 63.6 Å². The molecule has 1 aliphatic heterocycles. The van der Waals surface area contributed by atoms with Gasteiger partial charge in [0.2, 0.25) is 5.91 Å². The molecular formula is C19H17Cl2N3O4. The normalized spacial score (nSPS) is 18.9. The Morgan fingerprint density at radius 1 is 1.21 bits per heavy atom. The average Bonchev–Trinajstić information content (AvgIpc) is 2.87. The maximum Gasteiger partial charge on any atom is 0.325 e. The zero-order valence-corrected chi connectivity index (χ0v) is 16.4. The van der Waals surface area contributed by atoms with E-state index in [1.807, 2.05) is 0 Å². The number of urea groups is 1. The Labute approximate surface area is 171 Å². The van der Waals surface area contributed by atoms with Crippen LogP contribution in [-0.4, -0.2) is 35.9 Å². The Hall–Kier alpha value is -2.77. The minimum absolute atomic E-state index is 0.0225. The third-order valence-electron chi connectivity index (χ3n) is 4.47. The molecule has 3 rings (SSSR count). The average molecular weight is 422 g/mol. The molecular weight excluding hydrogens is 405 g/mol. The maximum absolute atomic E-state index is 12.9. The quantitative estimate of drug-likeness (QED) is 0.699. The number of carbonyl (C=O) groups excluding carboxylic acids is 3. The Morgan fingerprint density at radius 3 is 2.64 bits per heavy atom. The van der Waals surface area contributed by atoms with Crippen LogP contribution >= 0.6 is 23.2 Å². The number of hydrogen-bond donors (Lipinski definition) is 2. The van der Waals surface area contributed by atoms with Crippen molar-refractivity contribution in [3.8, 4) is 5.75 Å². The first-order chi connectivity index (χ1) is 13.2. The van der Waals surface area contributed by atoms with Gasteiger partial charge in [0.1, 0.15) is 17.9 Å². The van der Waals surface area contributed by atoms with Gasteiger partial charge in [-0.25, -0.2) is 4.79 Å². The summed E-state index contributed by atoms with van der Waals surface area (Å²) in [5.41, 5.74) is 4.71. The van der Waals surface area contributed by atoms with Crippen LogP contribution < -0.4 is 15.8 Å². The molecule has 1 fully saturated rings. The van der Waals surface area contributed by atoms with E-state index in [-0.39, 0.29) is 18.7 Å². The molecule has 0 saturated carbocycles. The predicted molar refractivity (Wildman–Crippen MR) is 105 cm³/mol. The fourth-order valence-corrected chi connectivity index (χ4v) is 3.38. The summed E-state index contributed by atoms with van der Waals surface area (Å²) in [5, 5.41) is 3.47. The molecule has 2 aromatic rings. The van der Waals surface area contributed by atoms with E-state index in [4.69, 9.17) is 33.7 Å². The summed E-state index contributed by atoms with van der Waals surface area (Å²) in [7, 11) is 0. The Morgan fingerprint density at radius 2 is 1.96 bits per heavy atom. The number of carbonyl (C=O) groups is 3. The number of ether oxygens (including phenoxy) is 1. The van der Waals surface area contributed by atoms with Crippen LogP contribution in [0.25, 0.3) is 0 Å². The number of nitrogens with two attached hydrogens (primary N) is 1. The fourth-order valence-electron chi connectivity index (χ4n) is 2.92. The highest BCUT2D eigenvalue weighted by atomic mass is 35.5. The SMILES string of the molecule is CC1(c2cccc(C(N)=O)c2)NC(=O)N(CCOc2ccc(Cl)cc2Cl)C1=O. The summed E-state index contributed by atoms with van der Waals surface area (Å²) in [4.78, 5) is 37.7. The molecule has 1 aliphatic rings. The molecule has 7 nitrogen and oxygen atoms in total. The lowest BCUT2D eigenvalue weighted by atomic mass is 9.90. The van der Waals surface area contributed by atoms with Crippen molar-refractivity contribution in [3.63, 3.8) is 0 Å². The van der Waals surface area contributed by atoms with Gasteiger partial charge in [0, 0.05) is 10.6 Å². The molecule has 146 valence electrons. The number of halogens is 2. The van der Waals surface area contributed by atoms with Gasteiger partial charge in [-0.2, -0.15) is 0 Å². The molecule has 1 atom stereocenters. The molecule has 28 heavy (non-hydrogen) atoms. The minimum atomic E-state index is -1.31. The molecule has 1 saturated heterocycles. The van der Waals surface area contributed by atoms with Crippen molar-refractivity contribution in [2.24, 2.45) is 5.73 Å². The van der Waals surface area contributed by atoms with Crippen LogP contribution in [0.2, 0.25) is 10.0 Å². The first kappa shape index (κ1) is 20.0. The molecule has 2 aromatic carbocycles. The number of rotatable bonds is 6. The lowest BCUT2D eigenvalue weighted by Crippen LogP contribution is -2.41. The topological polar surface area (TPSA) is 102 Å². The molecule has 1 heterocycles. The van der Waals surface area contributed by atoms with Crippen molar-refractivity contribution < 1.29 is 19.1 Å². The number of benzene rings is 2. The number of nitrogens with one attached hydrogen (secondary N) is 1.